The molecule has 10 nitrogen and oxygen atoms in total. The molecule has 0 unspecified atom stereocenters. The Morgan fingerprint density at radius 1 is 1.38 bits per heavy atom. The third-order valence-corrected chi connectivity index (χ3v) is 4.37. The minimum absolute atomic E-state index is 0.168. The zero-order chi connectivity index (χ0) is 17.3. The second kappa shape index (κ2) is 6.34. The van der Waals surface area contributed by atoms with E-state index in [4.69, 9.17) is 4.55 Å². The molecule has 11 heteroatoms. The van der Waals surface area contributed by atoms with Gasteiger partial charge in [-0.3, -0.25) is 14.3 Å². The predicted octanol–water partition coefficient (Wildman–Crippen LogP) is -0.299. The summed E-state index contributed by atoms with van der Waals surface area (Å²) in [5.41, 5.74) is 0.871. The van der Waals surface area contributed by atoms with E-state index in [1.807, 2.05) is 0 Å². The molecule has 3 heterocycles. The van der Waals surface area contributed by atoms with Gasteiger partial charge in [0.2, 0.25) is 5.91 Å². The first kappa shape index (κ1) is 16.6. The molecule has 0 radical (unpaired) electrons. The van der Waals surface area contributed by atoms with Gasteiger partial charge < -0.3 is 10.2 Å². The summed E-state index contributed by atoms with van der Waals surface area (Å²) in [5.74, 6) is -0.327. The van der Waals surface area contributed by atoms with Crippen LogP contribution in [-0.4, -0.2) is 58.5 Å². The van der Waals surface area contributed by atoms with Crippen molar-refractivity contribution in [2.75, 3.05) is 6.54 Å². The topological polar surface area (TPSA) is 129 Å². The number of piperidine rings is 1. The summed E-state index contributed by atoms with van der Waals surface area (Å²) >= 11 is 0. The van der Waals surface area contributed by atoms with E-state index in [0.717, 1.165) is 5.56 Å². The fourth-order valence-corrected chi connectivity index (χ4v) is 3.30. The maximum atomic E-state index is 12.3. The van der Waals surface area contributed by atoms with Gasteiger partial charge in [-0.05, 0) is 30.5 Å². The molecule has 2 bridgehead atoms. The highest BCUT2D eigenvalue weighted by Crippen LogP contribution is 2.30. The number of nitrogens with zero attached hydrogens (tertiary/aromatic N) is 3. The number of carbonyl (C=O) groups excluding carboxylic acids is 2. The van der Waals surface area contributed by atoms with Crippen molar-refractivity contribution in [3.8, 4) is 0 Å². The van der Waals surface area contributed by atoms with E-state index in [2.05, 4.69) is 14.6 Å². The van der Waals surface area contributed by atoms with Gasteiger partial charge in [0.25, 0.3) is 0 Å². The van der Waals surface area contributed by atoms with E-state index < -0.39 is 28.5 Å². The molecule has 1 aromatic heterocycles. The van der Waals surface area contributed by atoms with E-state index in [1.54, 1.807) is 24.5 Å². The molecule has 0 saturated carbocycles. The lowest BCUT2D eigenvalue weighted by atomic mass is 10.0. The first-order valence-corrected chi connectivity index (χ1v) is 8.65. The smallest absolute Gasteiger partial charge is 0.350 e. The second-order valence-electron chi connectivity index (χ2n) is 5.58. The van der Waals surface area contributed by atoms with Gasteiger partial charge in [0.15, 0.2) is 0 Å². The summed E-state index contributed by atoms with van der Waals surface area (Å²) in [5, 5.41) is 3.36. The van der Waals surface area contributed by atoms with Crippen molar-refractivity contribution in [2.45, 2.75) is 31.5 Å². The summed E-state index contributed by atoms with van der Waals surface area (Å²) in [6, 6.07) is 1.56. The molecule has 1 aromatic rings. The maximum Gasteiger partial charge on any atom is 0.418 e. The van der Waals surface area contributed by atoms with Crippen molar-refractivity contribution >= 4 is 22.3 Å². The Balaban J connectivity index is 1.64. The van der Waals surface area contributed by atoms with E-state index in [0.29, 0.717) is 24.4 Å². The molecule has 3 amide bonds. The molecule has 0 aliphatic carbocycles. The van der Waals surface area contributed by atoms with Gasteiger partial charge in [0, 0.05) is 25.5 Å². The Morgan fingerprint density at radius 3 is 2.75 bits per heavy atom. The highest BCUT2D eigenvalue weighted by molar-refractivity contribution is 7.80. The lowest BCUT2D eigenvalue weighted by Crippen LogP contribution is -2.49. The number of fused-ring (bicyclic) bond motifs is 2. The van der Waals surface area contributed by atoms with Gasteiger partial charge in [-0.25, -0.2) is 4.79 Å². The van der Waals surface area contributed by atoms with Crippen LogP contribution < -0.4 is 5.32 Å². The fourth-order valence-electron chi connectivity index (χ4n) is 2.91. The Labute approximate surface area is 138 Å². The number of urea groups is 1. The van der Waals surface area contributed by atoms with Crippen LogP contribution in [-0.2, 0) is 26.0 Å². The largest absolute Gasteiger partial charge is 0.418 e. The molecule has 2 saturated heterocycles. The fraction of sp³-hybridized carbons (Fsp3) is 0.462. The zero-order valence-corrected chi connectivity index (χ0v) is 13.3. The molecule has 0 spiro atoms. The summed E-state index contributed by atoms with van der Waals surface area (Å²) in [4.78, 5) is 29.7. The van der Waals surface area contributed by atoms with Crippen LogP contribution >= 0.6 is 0 Å². The third kappa shape index (κ3) is 3.47. The standard InChI is InChI=1S/C13H16N4O6S/c18-12(15-7-9-3-5-14-6-4-9)11-2-1-10-8-16(11)13(19)17(10)23-24(20,21)22/h3-6,10-11H,1-2,7-8H2,(H,15,18)(H,20,21,22)/t10-,11-/m1/s1. The van der Waals surface area contributed by atoms with Crippen LogP contribution in [0.25, 0.3) is 0 Å². The molecule has 24 heavy (non-hydrogen) atoms. The number of amides is 3. The van der Waals surface area contributed by atoms with Gasteiger partial charge in [0.1, 0.15) is 6.04 Å². The van der Waals surface area contributed by atoms with Crippen LogP contribution in [0.1, 0.15) is 18.4 Å². The van der Waals surface area contributed by atoms with Crippen molar-refractivity contribution < 1.29 is 26.8 Å². The van der Waals surface area contributed by atoms with Crippen LogP contribution in [0, 0.1) is 0 Å². The highest BCUT2D eigenvalue weighted by Gasteiger charge is 2.49. The minimum Gasteiger partial charge on any atom is -0.350 e. The minimum atomic E-state index is -4.79. The lowest BCUT2D eigenvalue weighted by Gasteiger charge is -2.29. The molecular formula is C13H16N4O6S. The Bertz CT molecular complexity index is 740. The average molecular weight is 356 g/mol. The van der Waals surface area contributed by atoms with Gasteiger partial charge >= 0.3 is 16.4 Å². The molecule has 0 aromatic carbocycles. The lowest BCUT2D eigenvalue weighted by molar-refractivity contribution is -0.126. The number of hydroxylamine groups is 2. The van der Waals surface area contributed by atoms with Crippen molar-refractivity contribution in [3.63, 3.8) is 0 Å². The molecular weight excluding hydrogens is 340 g/mol. The SMILES string of the molecule is O=C(NCc1ccncc1)[C@H]1CC[C@@H]2CN1C(=O)N2OS(=O)(=O)O. The summed E-state index contributed by atoms with van der Waals surface area (Å²) in [6.45, 7) is 0.468. The number of rotatable bonds is 5. The monoisotopic (exact) mass is 356 g/mol. The van der Waals surface area contributed by atoms with Crippen LogP contribution in [0.4, 0.5) is 4.79 Å². The second-order valence-corrected chi connectivity index (χ2v) is 6.59. The first-order valence-electron chi connectivity index (χ1n) is 7.28. The maximum absolute atomic E-state index is 12.3. The number of hydrogen-bond donors (Lipinski definition) is 2. The summed E-state index contributed by atoms with van der Waals surface area (Å²) in [7, 11) is -4.79. The summed E-state index contributed by atoms with van der Waals surface area (Å²) < 4.78 is 34.7. The quantitative estimate of drug-likeness (QED) is 0.693. The van der Waals surface area contributed by atoms with Gasteiger partial charge in [0.05, 0.1) is 6.04 Å². The predicted molar refractivity (Wildman–Crippen MR) is 79.5 cm³/mol. The molecule has 2 atom stereocenters. The van der Waals surface area contributed by atoms with Crippen LogP contribution in [0.5, 0.6) is 0 Å². The Hall–Kier alpha value is -2.24. The van der Waals surface area contributed by atoms with Crippen LogP contribution in [0.15, 0.2) is 24.5 Å². The number of aromatic nitrogens is 1. The van der Waals surface area contributed by atoms with Crippen LogP contribution in [0.2, 0.25) is 0 Å². The molecule has 3 rings (SSSR count). The van der Waals surface area contributed by atoms with Gasteiger partial charge in [-0.15, -0.1) is 4.28 Å². The molecule has 2 fully saturated rings. The number of pyridine rings is 1. The number of nitrogens with one attached hydrogen (secondary N) is 1. The average Bonchev–Trinajstić information content (AvgIpc) is 2.77. The molecule has 130 valence electrons. The third-order valence-electron chi connectivity index (χ3n) is 4.02. The van der Waals surface area contributed by atoms with Crippen molar-refractivity contribution in [1.82, 2.24) is 20.3 Å². The summed E-state index contributed by atoms with van der Waals surface area (Å²) in [6.07, 6.45) is 4.00. The highest BCUT2D eigenvalue weighted by atomic mass is 32.3. The number of hydrogen-bond acceptors (Lipinski definition) is 6. The van der Waals surface area contributed by atoms with Crippen molar-refractivity contribution in [1.29, 1.82) is 0 Å². The van der Waals surface area contributed by atoms with E-state index in [9.17, 15) is 18.0 Å². The first-order chi connectivity index (χ1) is 11.3. The van der Waals surface area contributed by atoms with Gasteiger partial charge in [-0.2, -0.15) is 13.5 Å². The molecule has 2 N–H and O–H groups in total. The Kier molecular flexibility index (Phi) is 4.39. The molecule has 2 aliphatic rings. The number of carbonyl (C=O) groups is 2. The van der Waals surface area contributed by atoms with Crippen molar-refractivity contribution in [3.05, 3.63) is 30.1 Å². The van der Waals surface area contributed by atoms with Crippen molar-refractivity contribution in [2.24, 2.45) is 0 Å². The van der Waals surface area contributed by atoms with E-state index in [1.165, 1.54) is 4.90 Å². The van der Waals surface area contributed by atoms with E-state index >= 15 is 0 Å². The molecule has 2 aliphatic heterocycles. The van der Waals surface area contributed by atoms with E-state index in [-0.39, 0.29) is 12.5 Å². The normalized spacial score (nSPS) is 23.5. The van der Waals surface area contributed by atoms with Crippen LogP contribution in [0.3, 0.4) is 0 Å². The van der Waals surface area contributed by atoms with Gasteiger partial charge in [-0.1, -0.05) is 0 Å². The zero-order valence-electron chi connectivity index (χ0n) is 12.5. The Morgan fingerprint density at radius 2 is 2.08 bits per heavy atom.